The zero-order chi connectivity index (χ0) is 21.5. The number of nitrogens with one attached hydrogen (secondary N) is 1. The summed E-state index contributed by atoms with van der Waals surface area (Å²) in [5.74, 6) is 0.927. The molecule has 0 aliphatic rings. The summed E-state index contributed by atoms with van der Waals surface area (Å²) in [6.07, 6.45) is 4.53. The fourth-order valence-electron chi connectivity index (χ4n) is 3.32. The lowest BCUT2D eigenvalue weighted by molar-refractivity contribution is -0.121. The second kappa shape index (κ2) is 9.84. The van der Waals surface area contributed by atoms with Crippen LogP contribution in [-0.4, -0.2) is 32.4 Å². The number of nitrogens with zero attached hydrogens (tertiary/aromatic N) is 4. The van der Waals surface area contributed by atoms with Gasteiger partial charge in [0.25, 0.3) is 0 Å². The van der Waals surface area contributed by atoms with Crippen LogP contribution in [0.3, 0.4) is 0 Å². The Balaban J connectivity index is 1.19. The van der Waals surface area contributed by atoms with Gasteiger partial charge in [-0.2, -0.15) is 5.10 Å². The predicted molar refractivity (Wildman–Crippen MR) is 118 cm³/mol. The third kappa shape index (κ3) is 5.45. The summed E-state index contributed by atoms with van der Waals surface area (Å²) >= 11 is 0. The smallest absolute Gasteiger partial charge is 0.247 e. The van der Waals surface area contributed by atoms with Crippen LogP contribution in [0.5, 0.6) is 0 Å². The minimum Gasteiger partial charge on any atom is -0.421 e. The molecule has 2 aromatic carbocycles. The SMILES string of the molecule is Cc1nn(-c2ccccc2)cc1CCCNC(=O)CCc1nnc(-c2ccccc2)o1. The van der Waals surface area contributed by atoms with Gasteiger partial charge < -0.3 is 9.73 Å². The molecule has 0 unspecified atom stereocenters. The Labute approximate surface area is 181 Å². The topological polar surface area (TPSA) is 85.8 Å². The maximum Gasteiger partial charge on any atom is 0.247 e. The average molecular weight is 415 g/mol. The Bertz CT molecular complexity index is 1120. The Morgan fingerprint density at radius 2 is 1.74 bits per heavy atom. The van der Waals surface area contributed by atoms with Crippen LogP contribution in [0.25, 0.3) is 17.1 Å². The molecule has 1 amide bonds. The summed E-state index contributed by atoms with van der Waals surface area (Å²) < 4.78 is 7.54. The number of amides is 1. The van der Waals surface area contributed by atoms with E-state index in [4.69, 9.17) is 4.42 Å². The third-order valence-corrected chi connectivity index (χ3v) is 5.02. The fourth-order valence-corrected chi connectivity index (χ4v) is 3.32. The zero-order valence-corrected chi connectivity index (χ0v) is 17.5. The second-order valence-electron chi connectivity index (χ2n) is 7.34. The summed E-state index contributed by atoms with van der Waals surface area (Å²) in [5, 5.41) is 15.6. The number of para-hydroxylation sites is 1. The standard InChI is InChI=1S/C24H25N5O2/c1-18-20(17-29(28-18)21-12-6-3-7-13-21)11-8-16-25-22(30)14-15-23-26-27-24(31-23)19-9-4-2-5-10-19/h2-7,9-10,12-13,17H,8,11,14-16H2,1H3,(H,25,30). The number of carbonyl (C=O) groups is 1. The van der Waals surface area contributed by atoms with Crippen molar-refractivity contribution in [3.05, 3.63) is 84.0 Å². The van der Waals surface area contributed by atoms with Crippen molar-refractivity contribution in [3.8, 4) is 17.1 Å². The molecule has 0 radical (unpaired) electrons. The molecule has 0 spiro atoms. The van der Waals surface area contributed by atoms with E-state index < -0.39 is 0 Å². The number of aromatic nitrogens is 4. The van der Waals surface area contributed by atoms with Crippen LogP contribution in [0.1, 0.15) is 30.0 Å². The molecule has 158 valence electrons. The van der Waals surface area contributed by atoms with Crippen molar-refractivity contribution in [2.45, 2.75) is 32.6 Å². The first-order valence-electron chi connectivity index (χ1n) is 10.4. The van der Waals surface area contributed by atoms with Crippen LogP contribution >= 0.6 is 0 Å². The average Bonchev–Trinajstić information content (AvgIpc) is 3.43. The second-order valence-corrected chi connectivity index (χ2v) is 7.34. The maximum atomic E-state index is 12.1. The van der Waals surface area contributed by atoms with E-state index >= 15 is 0 Å². The van der Waals surface area contributed by atoms with Gasteiger partial charge in [0.15, 0.2) is 0 Å². The molecule has 0 aliphatic heterocycles. The van der Waals surface area contributed by atoms with Gasteiger partial charge in [-0.05, 0) is 49.6 Å². The molecule has 4 aromatic rings. The summed E-state index contributed by atoms with van der Waals surface area (Å²) in [4.78, 5) is 12.1. The van der Waals surface area contributed by atoms with E-state index in [1.165, 1.54) is 5.56 Å². The number of hydrogen-bond acceptors (Lipinski definition) is 5. The van der Waals surface area contributed by atoms with Crippen molar-refractivity contribution in [1.29, 1.82) is 0 Å². The Kier molecular flexibility index (Phi) is 6.52. The zero-order valence-electron chi connectivity index (χ0n) is 17.5. The van der Waals surface area contributed by atoms with Crippen LogP contribution in [-0.2, 0) is 17.6 Å². The van der Waals surface area contributed by atoms with E-state index in [1.54, 1.807) is 0 Å². The lowest BCUT2D eigenvalue weighted by Crippen LogP contribution is -2.25. The molecular weight excluding hydrogens is 390 g/mol. The van der Waals surface area contributed by atoms with Crippen molar-refractivity contribution in [3.63, 3.8) is 0 Å². The van der Waals surface area contributed by atoms with E-state index in [-0.39, 0.29) is 5.91 Å². The monoisotopic (exact) mass is 415 g/mol. The van der Waals surface area contributed by atoms with Crippen molar-refractivity contribution < 1.29 is 9.21 Å². The summed E-state index contributed by atoms with van der Waals surface area (Å²) in [6.45, 7) is 2.63. The van der Waals surface area contributed by atoms with E-state index in [0.717, 1.165) is 29.8 Å². The van der Waals surface area contributed by atoms with Gasteiger partial charge in [0, 0.05) is 31.1 Å². The van der Waals surface area contributed by atoms with E-state index in [1.807, 2.05) is 72.3 Å². The van der Waals surface area contributed by atoms with Gasteiger partial charge in [0.1, 0.15) is 0 Å². The van der Waals surface area contributed by atoms with Crippen molar-refractivity contribution in [2.75, 3.05) is 6.54 Å². The molecule has 0 saturated heterocycles. The van der Waals surface area contributed by atoms with Crippen molar-refractivity contribution in [1.82, 2.24) is 25.3 Å². The first kappa shape index (κ1) is 20.5. The van der Waals surface area contributed by atoms with E-state index in [0.29, 0.717) is 31.2 Å². The number of hydrogen-bond donors (Lipinski definition) is 1. The Morgan fingerprint density at radius 3 is 2.52 bits per heavy atom. The molecule has 2 aromatic heterocycles. The van der Waals surface area contributed by atoms with E-state index in [2.05, 4.69) is 26.8 Å². The molecule has 0 bridgehead atoms. The van der Waals surface area contributed by atoms with Gasteiger partial charge >= 0.3 is 0 Å². The molecule has 7 nitrogen and oxygen atoms in total. The minimum absolute atomic E-state index is 0.0174. The largest absolute Gasteiger partial charge is 0.421 e. The van der Waals surface area contributed by atoms with Crippen molar-refractivity contribution >= 4 is 5.91 Å². The normalized spacial score (nSPS) is 10.9. The molecule has 7 heteroatoms. The first-order valence-corrected chi connectivity index (χ1v) is 10.4. The molecule has 2 heterocycles. The number of rotatable bonds is 9. The Morgan fingerprint density at radius 1 is 1.00 bits per heavy atom. The summed E-state index contributed by atoms with van der Waals surface area (Å²) in [6, 6.07) is 19.6. The van der Waals surface area contributed by atoms with Gasteiger partial charge in [0.05, 0.1) is 11.4 Å². The maximum absolute atomic E-state index is 12.1. The van der Waals surface area contributed by atoms with Gasteiger partial charge in [-0.25, -0.2) is 4.68 Å². The molecule has 0 saturated carbocycles. The molecule has 0 aliphatic carbocycles. The van der Waals surface area contributed by atoms with Crippen LogP contribution in [0.15, 0.2) is 71.3 Å². The van der Waals surface area contributed by atoms with Crippen LogP contribution < -0.4 is 5.32 Å². The first-order chi connectivity index (χ1) is 15.2. The lowest BCUT2D eigenvalue weighted by atomic mass is 10.1. The van der Waals surface area contributed by atoms with Crippen molar-refractivity contribution in [2.24, 2.45) is 0 Å². The molecule has 0 atom stereocenters. The van der Waals surface area contributed by atoms with Crippen LogP contribution in [0.4, 0.5) is 0 Å². The third-order valence-electron chi connectivity index (χ3n) is 5.02. The van der Waals surface area contributed by atoms with Gasteiger partial charge in [0.2, 0.25) is 17.7 Å². The quantitative estimate of drug-likeness (QED) is 0.419. The number of aryl methyl sites for hydroxylation is 3. The van der Waals surface area contributed by atoms with Crippen LogP contribution in [0.2, 0.25) is 0 Å². The molecule has 31 heavy (non-hydrogen) atoms. The van der Waals surface area contributed by atoms with Gasteiger partial charge in [-0.15, -0.1) is 10.2 Å². The minimum atomic E-state index is -0.0174. The van der Waals surface area contributed by atoms with Gasteiger partial charge in [-0.1, -0.05) is 36.4 Å². The van der Waals surface area contributed by atoms with Gasteiger partial charge in [-0.3, -0.25) is 4.79 Å². The highest BCUT2D eigenvalue weighted by Crippen LogP contribution is 2.17. The van der Waals surface area contributed by atoms with Crippen LogP contribution in [0, 0.1) is 6.92 Å². The summed E-state index contributed by atoms with van der Waals surface area (Å²) in [7, 11) is 0. The lowest BCUT2D eigenvalue weighted by Gasteiger charge is -2.04. The number of benzene rings is 2. The molecule has 1 N–H and O–H groups in total. The van der Waals surface area contributed by atoms with E-state index in [9.17, 15) is 4.79 Å². The fraction of sp³-hybridized carbons (Fsp3) is 0.250. The Hall–Kier alpha value is -3.74. The number of carbonyl (C=O) groups excluding carboxylic acids is 1. The highest BCUT2D eigenvalue weighted by molar-refractivity contribution is 5.75. The predicted octanol–water partition coefficient (Wildman–Crippen LogP) is 3.91. The highest BCUT2D eigenvalue weighted by atomic mass is 16.4. The molecular formula is C24H25N5O2. The summed E-state index contributed by atoms with van der Waals surface area (Å²) in [5.41, 5.74) is 4.12. The molecule has 0 fully saturated rings. The highest BCUT2D eigenvalue weighted by Gasteiger charge is 2.11. The molecule has 4 rings (SSSR count).